The molecule has 3 aromatic heterocycles. The van der Waals surface area contributed by atoms with Crippen molar-refractivity contribution in [2.45, 2.75) is 57.6 Å². The zero-order valence-electron chi connectivity index (χ0n) is 19.8. The van der Waals surface area contributed by atoms with Crippen LogP contribution in [0.4, 0.5) is 5.69 Å². The molecule has 2 fully saturated rings. The largest absolute Gasteiger partial charge is 0.473 e. The Morgan fingerprint density at radius 3 is 2.71 bits per heavy atom. The van der Waals surface area contributed by atoms with E-state index in [4.69, 9.17) is 9.72 Å². The van der Waals surface area contributed by atoms with Gasteiger partial charge < -0.3 is 19.5 Å². The third kappa shape index (κ3) is 3.17. The fourth-order valence-electron chi connectivity index (χ4n) is 5.08. The minimum atomic E-state index is -0.653. The number of amides is 2. The van der Waals surface area contributed by atoms with E-state index in [2.05, 4.69) is 19.9 Å². The van der Waals surface area contributed by atoms with Crippen molar-refractivity contribution in [3.63, 3.8) is 0 Å². The lowest BCUT2D eigenvalue weighted by Gasteiger charge is -2.20. The number of rotatable bonds is 5. The Labute approximate surface area is 197 Å². The highest BCUT2D eigenvalue weighted by Gasteiger charge is 2.44. The number of carbonyl (C=O) groups excluding carboxylic acids is 2. The van der Waals surface area contributed by atoms with Crippen LogP contribution >= 0.6 is 0 Å². The molecule has 2 amide bonds. The predicted molar refractivity (Wildman–Crippen MR) is 127 cm³/mol. The van der Waals surface area contributed by atoms with E-state index in [1.54, 1.807) is 18.1 Å². The number of hydrogen-bond acceptors (Lipinski definition) is 6. The van der Waals surface area contributed by atoms with E-state index in [0.717, 1.165) is 40.8 Å². The maximum Gasteiger partial charge on any atom is 0.241 e. The number of anilines is 1. The molecule has 0 unspecified atom stereocenters. The number of hydrogen-bond donors (Lipinski definition) is 1. The fraction of sp³-hybridized carbons (Fsp3) is 0.480. The Balaban J connectivity index is 1.43. The molecule has 0 spiro atoms. The maximum absolute atomic E-state index is 12.7. The zero-order chi connectivity index (χ0) is 23.8. The third-order valence-electron chi connectivity index (χ3n) is 7.39. The number of imidazole rings is 1. The highest BCUT2D eigenvalue weighted by atomic mass is 16.5. The van der Waals surface area contributed by atoms with E-state index in [1.165, 1.54) is 0 Å². The van der Waals surface area contributed by atoms with Crippen LogP contribution in [-0.2, 0) is 15.0 Å². The van der Waals surface area contributed by atoms with Gasteiger partial charge in [0.25, 0.3) is 0 Å². The van der Waals surface area contributed by atoms with E-state index in [-0.39, 0.29) is 23.8 Å². The van der Waals surface area contributed by atoms with E-state index >= 15 is 0 Å². The Kier molecular flexibility index (Phi) is 4.49. The van der Waals surface area contributed by atoms with Crippen molar-refractivity contribution in [3.05, 3.63) is 30.4 Å². The number of aromatic nitrogens is 4. The van der Waals surface area contributed by atoms with Crippen molar-refractivity contribution in [1.29, 1.82) is 0 Å². The van der Waals surface area contributed by atoms with Crippen molar-refractivity contribution >= 4 is 28.5 Å². The van der Waals surface area contributed by atoms with Gasteiger partial charge in [-0.25, -0.2) is 9.97 Å². The van der Waals surface area contributed by atoms with Crippen molar-refractivity contribution in [3.8, 4) is 17.1 Å². The van der Waals surface area contributed by atoms with Crippen LogP contribution in [0.1, 0.15) is 51.8 Å². The lowest BCUT2D eigenvalue weighted by atomic mass is 9.90. The number of nitrogens with one attached hydrogen (secondary N) is 1. The summed E-state index contributed by atoms with van der Waals surface area (Å²) in [6, 6.07) is 4.35. The van der Waals surface area contributed by atoms with Gasteiger partial charge >= 0.3 is 0 Å². The number of nitrogens with zero attached hydrogens (tertiary/aromatic N) is 5. The highest BCUT2D eigenvalue weighted by molar-refractivity contribution is 6.07. The molecule has 5 heterocycles. The molecule has 1 saturated carbocycles. The van der Waals surface area contributed by atoms with Gasteiger partial charge in [0.15, 0.2) is 0 Å². The molecule has 6 rings (SSSR count). The Hall–Kier alpha value is -3.49. The van der Waals surface area contributed by atoms with Crippen LogP contribution in [0.3, 0.4) is 0 Å². The summed E-state index contributed by atoms with van der Waals surface area (Å²) in [5, 5.41) is 2.89. The van der Waals surface area contributed by atoms with Gasteiger partial charge in [0.2, 0.25) is 17.7 Å². The molecule has 2 aliphatic heterocycles. The summed E-state index contributed by atoms with van der Waals surface area (Å²) in [5.41, 5.74) is 4.10. The molecule has 2 atom stereocenters. The summed E-state index contributed by atoms with van der Waals surface area (Å²) < 4.78 is 8.57. The van der Waals surface area contributed by atoms with Crippen LogP contribution in [0.2, 0.25) is 0 Å². The lowest BCUT2D eigenvalue weighted by Crippen LogP contribution is -2.33. The topological polar surface area (TPSA) is 102 Å². The van der Waals surface area contributed by atoms with Crippen molar-refractivity contribution in [1.82, 2.24) is 24.8 Å². The van der Waals surface area contributed by atoms with Gasteiger partial charge in [-0.05, 0) is 45.7 Å². The Morgan fingerprint density at radius 2 is 2.00 bits per heavy atom. The van der Waals surface area contributed by atoms with Crippen LogP contribution in [0.15, 0.2) is 24.7 Å². The molecule has 176 valence electrons. The summed E-state index contributed by atoms with van der Waals surface area (Å²) in [6.45, 7) is 6.39. The van der Waals surface area contributed by atoms with Crippen molar-refractivity contribution < 1.29 is 14.3 Å². The highest BCUT2D eigenvalue weighted by Crippen LogP contribution is 2.43. The van der Waals surface area contributed by atoms with Gasteiger partial charge in [0.1, 0.15) is 11.6 Å². The molecule has 3 aromatic rings. The summed E-state index contributed by atoms with van der Waals surface area (Å²) in [6.07, 6.45) is 6.14. The van der Waals surface area contributed by atoms with E-state index in [9.17, 15) is 9.59 Å². The molecule has 34 heavy (non-hydrogen) atoms. The number of carbonyl (C=O) groups is 2. The van der Waals surface area contributed by atoms with Crippen LogP contribution in [-0.4, -0.2) is 51.0 Å². The first-order valence-electron chi connectivity index (χ1n) is 11.8. The van der Waals surface area contributed by atoms with Crippen LogP contribution in [0.25, 0.3) is 22.3 Å². The quantitative estimate of drug-likeness (QED) is 0.628. The number of fused-ring (bicyclic) bond motifs is 2. The van der Waals surface area contributed by atoms with Gasteiger partial charge in [-0.2, -0.15) is 0 Å². The molecule has 9 nitrogen and oxygen atoms in total. The van der Waals surface area contributed by atoms with E-state index in [0.29, 0.717) is 30.6 Å². The summed E-state index contributed by atoms with van der Waals surface area (Å²) in [5.74, 6) is 0.695. The Bertz CT molecular complexity index is 1340. The first-order chi connectivity index (χ1) is 16.2. The molecule has 1 aliphatic carbocycles. The van der Waals surface area contributed by atoms with E-state index < -0.39 is 5.41 Å². The van der Waals surface area contributed by atoms with Crippen LogP contribution in [0, 0.1) is 5.92 Å². The summed E-state index contributed by atoms with van der Waals surface area (Å²) in [7, 11) is 1.78. The average Bonchev–Trinajstić information content (AvgIpc) is 3.37. The normalized spacial score (nSPS) is 22.2. The molecule has 0 bridgehead atoms. The van der Waals surface area contributed by atoms with Gasteiger partial charge in [0.05, 0.1) is 34.3 Å². The molecule has 0 radical (unpaired) electrons. The second-order valence-corrected chi connectivity index (χ2v) is 10.2. The van der Waals surface area contributed by atoms with Gasteiger partial charge in [-0.3, -0.25) is 14.6 Å². The zero-order valence-corrected chi connectivity index (χ0v) is 19.8. The monoisotopic (exact) mass is 460 g/mol. The molecular weight excluding hydrogens is 432 g/mol. The first kappa shape index (κ1) is 21.1. The average molecular weight is 461 g/mol. The minimum Gasteiger partial charge on any atom is -0.473 e. The van der Waals surface area contributed by atoms with Gasteiger partial charge in [-0.1, -0.05) is 0 Å². The van der Waals surface area contributed by atoms with Crippen molar-refractivity contribution in [2.24, 2.45) is 5.92 Å². The second-order valence-electron chi connectivity index (χ2n) is 10.2. The molecule has 3 aliphatic rings. The smallest absolute Gasteiger partial charge is 0.241 e. The van der Waals surface area contributed by atoms with Gasteiger partial charge in [-0.15, -0.1) is 0 Å². The molecular formula is C25H28N6O3. The summed E-state index contributed by atoms with van der Waals surface area (Å²) in [4.78, 5) is 40.3. The van der Waals surface area contributed by atoms with Crippen molar-refractivity contribution in [2.75, 3.05) is 18.5 Å². The number of pyridine rings is 2. The Morgan fingerprint density at radius 1 is 1.21 bits per heavy atom. The minimum absolute atomic E-state index is 0.0244. The van der Waals surface area contributed by atoms with Gasteiger partial charge in [0, 0.05) is 43.7 Å². The number of likely N-dealkylation sites (N-methyl/N-ethyl adjacent to an activating group) is 1. The lowest BCUT2D eigenvalue weighted by molar-refractivity contribution is -0.122. The standard InChI is InChI=1S/C25H28N6O3/c1-13(14-8-20(32)26-10-14)34-23-21-18(28-12-31(21)16-5-6-16)9-17(29-23)15-7-19-22(27-11-15)25(2,3)24(33)30(19)4/h7,9,11-14,16H,5-6,8,10H2,1-4H3,(H,26,32)/t13-,14-/m1/s1. The molecule has 0 aromatic carbocycles. The van der Waals surface area contributed by atoms with Crippen LogP contribution in [0.5, 0.6) is 5.88 Å². The SMILES string of the molecule is C[C@@H](Oc1nc(-c2cnc3c(c2)N(C)C(=O)C3(C)C)cc2ncn(C3CC3)c12)[C@H]1CNC(=O)C1. The fourth-order valence-corrected chi connectivity index (χ4v) is 5.08. The second kappa shape index (κ2) is 7.25. The van der Waals surface area contributed by atoms with Crippen LogP contribution < -0.4 is 15.0 Å². The molecule has 1 saturated heterocycles. The molecule has 9 heteroatoms. The molecule has 1 N–H and O–H groups in total. The third-order valence-corrected chi connectivity index (χ3v) is 7.39. The number of ether oxygens (including phenoxy) is 1. The summed E-state index contributed by atoms with van der Waals surface area (Å²) >= 11 is 0. The maximum atomic E-state index is 12.7. The van der Waals surface area contributed by atoms with E-state index in [1.807, 2.05) is 39.2 Å². The first-order valence-corrected chi connectivity index (χ1v) is 11.8. The predicted octanol–water partition coefficient (Wildman–Crippen LogP) is 2.99.